The van der Waals surface area contributed by atoms with E-state index < -0.39 is 5.82 Å². The molecule has 2 aromatic carbocycles. The van der Waals surface area contributed by atoms with Crippen molar-refractivity contribution >= 4 is 33.9 Å². The Hall–Kier alpha value is -3.55. The second-order valence-electron chi connectivity index (χ2n) is 6.26. The van der Waals surface area contributed by atoms with Gasteiger partial charge >= 0.3 is 5.97 Å². The van der Waals surface area contributed by atoms with Crippen LogP contribution in [0.4, 0.5) is 15.8 Å². The highest BCUT2D eigenvalue weighted by molar-refractivity contribution is 5.96. The van der Waals surface area contributed by atoms with Gasteiger partial charge in [0.15, 0.2) is 11.6 Å². The lowest BCUT2D eigenvalue weighted by Crippen LogP contribution is -2.13. The van der Waals surface area contributed by atoms with E-state index in [0.29, 0.717) is 12.2 Å². The van der Waals surface area contributed by atoms with E-state index in [9.17, 15) is 9.18 Å². The number of nitrogens with one attached hydrogen (secondary N) is 2. The minimum absolute atomic E-state index is 0.0582. The Morgan fingerprint density at radius 1 is 1.25 bits per heavy atom. The fraction of sp³-hybridized carbons (Fsp3) is 0.200. The molecule has 1 aliphatic heterocycles. The third-order valence-corrected chi connectivity index (χ3v) is 4.39. The molecule has 0 fully saturated rings. The van der Waals surface area contributed by atoms with E-state index >= 15 is 0 Å². The van der Waals surface area contributed by atoms with Crippen LogP contribution in [0.15, 0.2) is 42.7 Å². The summed E-state index contributed by atoms with van der Waals surface area (Å²) in [5.41, 5.74) is 3.81. The van der Waals surface area contributed by atoms with Gasteiger partial charge in [0.1, 0.15) is 6.54 Å². The van der Waals surface area contributed by atoms with Gasteiger partial charge in [0.25, 0.3) is 0 Å². The van der Waals surface area contributed by atoms with E-state index in [-0.39, 0.29) is 18.3 Å². The average molecular weight is 382 g/mol. The number of aromatic nitrogens is 2. The third-order valence-electron chi connectivity index (χ3n) is 4.39. The number of hydrogen-bond donors (Lipinski definition) is 2. The molecular formula is C20H19FN4O3. The van der Waals surface area contributed by atoms with Gasteiger partial charge in [0.2, 0.25) is 0 Å². The summed E-state index contributed by atoms with van der Waals surface area (Å²) >= 11 is 0. The Kier molecular flexibility index (Phi) is 4.60. The van der Waals surface area contributed by atoms with Crippen LogP contribution in [0.1, 0.15) is 12.5 Å². The van der Waals surface area contributed by atoms with E-state index in [1.54, 1.807) is 36.1 Å². The predicted octanol–water partition coefficient (Wildman–Crippen LogP) is 3.58. The molecule has 7 nitrogen and oxygen atoms in total. The first-order valence-electron chi connectivity index (χ1n) is 8.82. The zero-order valence-corrected chi connectivity index (χ0v) is 15.5. The molecule has 0 unspecified atom stereocenters. The summed E-state index contributed by atoms with van der Waals surface area (Å²) in [6.45, 7) is 2.16. The maximum Gasteiger partial charge on any atom is 0.327 e. The second kappa shape index (κ2) is 7.22. The predicted molar refractivity (Wildman–Crippen MR) is 105 cm³/mol. The largest absolute Gasteiger partial charge is 0.494 e. The van der Waals surface area contributed by atoms with Gasteiger partial charge in [-0.2, -0.15) is 5.10 Å². The number of rotatable bonds is 5. The van der Waals surface area contributed by atoms with E-state index in [1.807, 2.05) is 12.1 Å². The van der Waals surface area contributed by atoms with Crippen LogP contribution in [0.3, 0.4) is 0 Å². The summed E-state index contributed by atoms with van der Waals surface area (Å²) < 4.78 is 25.5. The van der Waals surface area contributed by atoms with E-state index in [1.165, 1.54) is 13.2 Å². The zero-order valence-electron chi connectivity index (χ0n) is 15.5. The van der Waals surface area contributed by atoms with Crippen molar-refractivity contribution in [3.8, 4) is 5.75 Å². The van der Waals surface area contributed by atoms with Crippen LogP contribution < -0.4 is 15.4 Å². The van der Waals surface area contributed by atoms with Crippen molar-refractivity contribution in [1.29, 1.82) is 0 Å². The fourth-order valence-electron chi connectivity index (χ4n) is 3.09. The second-order valence-corrected chi connectivity index (χ2v) is 6.26. The first-order valence-corrected chi connectivity index (χ1v) is 8.82. The number of esters is 1. The number of halogens is 1. The molecule has 0 bridgehead atoms. The average Bonchev–Trinajstić information content (AvgIpc) is 3.06. The molecule has 0 spiro atoms. The first-order chi connectivity index (χ1) is 13.6. The van der Waals surface area contributed by atoms with Gasteiger partial charge in [-0.25, -0.2) is 4.39 Å². The smallest absolute Gasteiger partial charge is 0.327 e. The summed E-state index contributed by atoms with van der Waals surface area (Å²) in [4.78, 5) is 11.7. The van der Waals surface area contributed by atoms with Gasteiger partial charge in [-0.05, 0) is 37.3 Å². The van der Waals surface area contributed by atoms with Crippen LogP contribution in [0.2, 0.25) is 0 Å². The van der Waals surface area contributed by atoms with E-state index in [4.69, 9.17) is 9.47 Å². The Labute approximate surface area is 160 Å². The van der Waals surface area contributed by atoms with Crippen molar-refractivity contribution in [3.63, 3.8) is 0 Å². The Balaban J connectivity index is 1.59. The number of nitrogens with zero attached hydrogens (tertiary/aromatic N) is 2. The van der Waals surface area contributed by atoms with Crippen LogP contribution in [-0.2, 0) is 16.1 Å². The van der Waals surface area contributed by atoms with Crippen LogP contribution >= 0.6 is 0 Å². The fourth-order valence-corrected chi connectivity index (χ4v) is 3.09. The van der Waals surface area contributed by atoms with Crippen molar-refractivity contribution in [2.45, 2.75) is 13.5 Å². The first kappa shape index (κ1) is 17.8. The number of carbonyl (C=O) groups is 1. The topological polar surface area (TPSA) is 77.4 Å². The van der Waals surface area contributed by atoms with Gasteiger partial charge < -0.3 is 20.1 Å². The highest BCUT2D eigenvalue weighted by atomic mass is 19.1. The van der Waals surface area contributed by atoms with E-state index in [2.05, 4.69) is 15.7 Å². The molecule has 28 heavy (non-hydrogen) atoms. The molecule has 0 radical (unpaired) electrons. The highest BCUT2D eigenvalue weighted by Gasteiger charge is 2.16. The van der Waals surface area contributed by atoms with Crippen molar-refractivity contribution in [2.75, 3.05) is 24.4 Å². The molecule has 8 heteroatoms. The van der Waals surface area contributed by atoms with Crippen molar-refractivity contribution < 1.29 is 18.7 Å². The standard InChI is InChI=1S/C20H19FN4O3/c1-3-28-20(26)11-25-10-13-7-16-17(8-15(13)24-25)23-18(9-22-16)12-4-5-19(27-2)14(21)6-12/h4-10,22-23H,3,11H2,1-2H3. The summed E-state index contributed by atoms with van der Waals surface area (Å²) in [5, 5.41) is 11.8. The monoisotopic (exact) mass is 382 g/mol. The summed E-state index contributed by atoms with van der Waals surface area (Å²) in [6, 6.07) is 8.60. The number of benzene rings is 2. The Morgan fingerprint density at radius 3 is 2.86 bits per heavy atom. The Bertz CT molecular complexity index is 1090. The summed E-state index contributed by atoms with van der Waals surface area (Å²) in [5.74, 6) is -0.564. The summed E-state index contributed by atoms with van der Waals surface area (Å²) in [7, 11) is 1.43. The maximum atomic E-state index is 14.0. The molecule has 4 rings (SSSR count). The van der Waals surface area contributed by atoms with Crippen molar-refractivity contribution in [2.24, 2.45) is 0 Å². The minimum Gasteiger partial charge on any atom is -0.494 e. The molecular weight excluding hydrogens is 363 g/mol. The number of carbonyl (C=O) groups excluding carboxylic acids is 1. The minimum atomic E-state index is -0.429. The van der Waals surface area contributed by atoms with Crippen LogP contribution in [0, 0.1) is 5.82 Å². The van der Waals surface area contributed by atoms with Gasteiger partial charge in [-0.15, -0.1) is 0 Å². The Morgan fingerprint density at radius 2 is 2.11 bits per heavy atom. The number of fused-ring (bicyclic) bond motifs is 2. The molecule has 3 aromatic rings. The molecule has 0 amide bonds. The van der Waals surface area contributed by atoms with Gasteiger partial charge in [0, 0.05) is 23.3 Å². The molecule has 0 aliphatic carbocycles. The molecule has 0 saturated carbocycles. The van der Waals surface area contributed by atoms with E-state index in [0.717, 1.165) is 28.0 Å². The van der Waals surface area contributed by atoms with Gasteiger partial charge in [0.05, 0.1) is 36.3 Å². The van der Waals surface area contributed by atoms with Gasteiger partial charge in [-0.3, -0.25) is 9.48 Å². The number of hydrogen-bond acceptors (Lipinski definition) is 6. The van der Waals surface area contributed by atoms with Crippen LogP contribution in [0.25, 0.3) is 16.6 Å². The lowest BCUT2D eigenvalue weighted by Gasteiger charge is -2.21. The van der Waals surface area contributed by atoms with Crippen LogP contribution in [0.5, 0.6) is 5.75 Å². The van der Waals surface area contributed by atoms with Crippen LogP contribution in [-0.4, -0.2) is 29.5 Å². The lowest BCUT2D eigenvalue weighted by molar-refractivity contribution is -0.144. The lowest BCUT2D eigenvalue weighted by atomic mass is 10.1. The number of anilines is 2. The van der Waals surface area contributed by atoms with Gasteiger partial charge in [-0.1, -0.05) is 0 Å². The molecule has 2 heterocycles. The molecule has 144 valence electrons. The molecule has 0 atom stereocenters. The quantitative estimate of drug-likeness (QED) is 0.657. The molecule has 1 aliphatic rings. The number of methoxy groups -OCH3 is 1. The highest BCUT2D eigenvalue weighted by Crippen LogP contribution is 2.34. The zero-order chi connectivity index (χ0) is 19.7. The number of ether oxygens (including phenoxy) is 2. The molecule has 1 aromatic heterocycles. The molecule has 2 N–H and O–H groups in total. The maximum absolute atomic E-state index is 14.0. The third kappa shape index (κ3) is 3.36. The SMILES string of the molecule is CCOC(=O)Cn1cc2cc3c(cc2n1)NC(c1ccc(OC)c(F)c1)=CN3. The normalized spacial score (nSPS) is 12.6. The summed E-state index contributed by atoms with van der Waals surface area (Å²) in [6.07, 6.45) is 3.57. The molecule has 0 saturated heterocycles. The van der Waals surface area contributed by atoms with Crippen molar-refractivity contribution in [1.82, 2.24) is 9.78 Å². The van der Waals surface area contributed by atoms with Crippen molar-refractivity contribution in [3.05, 3.63) is 54.1 Å².